The summed E-state index contributed by atoms with van der Waals surface area (Å²) >= 11 is 0. The van der Waals surface area contributed by atoms with E-state index in [2.05, 4.69) is 27.3 Å². The Morgan fingerprint density at radius 2 is 2.10 bits per heavy atom. The predicted molar refractivity (Wildman–Crippen MR) is 112 cm³/mol. The number of methoxy groups -OCH3 is 1. The number of H-pyrrole nitrogens is 2. The highest BCUT2D eigenvalue weighted by Crippen LogP contribution is 2.36. The third-order valence-electron chi connectivity index (χ3n) is 5.74. The maximum Gasteiger partial charge on any atom is 0.256 e. The van der Waals surface area contributed by atoms with E-state index in [0.29, 0.717) is 5.56 Å². The van der Waals surface area contributed by atoms with Crippen molar-refractivity contribution in [1.29, 1.82) is 0 Å². The molecule has 1 saturated heterocycles. The molecule has 29 heavy (non-hydrogen) atoms. The smallest absolute Gasteiger partial charge is 0.256 e. The zero-order valence-corrected chi connectivity index (χ0v) is 16.2. The number of aromatic nitrogens is 3. The van der Waals surface area contributed by atoms with Crippen LogP contribution in [0.2, 0.25) is 0 Å². The molecule has 2 aromatic heterocycles. The molecule has 1 unspecified atom stereocenters. The molecule has 0 bridgehead atoms. The van der Waals surface area contributed by atoms with Crippen molar-refractivity contribution in [3.05, 3.63) is 72.2 Å². The van der Waals surface area contributed by atoms with Crippen molar-refractivity contribution < 1.29 is 9.53 Å². The highest BCUT2D eigenvalue weighted by atomic mass is 16.5. The van der Waals surface area contributed by atoms with Crippen LogP contribution in [0.5, 0.6) is 5.75 Å². The SMILES string of the molecule is COc1cccc(C2CCCN2C(=O)c2c[nH]c3cc(-c4cn[nH]c4)ccc23)c1. The van der Waals surface area contributed by atoms with Crippen molar-refractivity contribution in [2.45, 2.75) is 18.9 Å². The van der Waals surface area contributed by atoms with Crippen LogP contribution < -0.4 is 4.74 Å². The molecule has 1 aliphatic heterocycles. The molecule has 1 atom stereocenters. The molecular weight excluding hydrogens is 364 g/mol. The zero-order valence-electron chi connectivity index (χ0n) is 16.2. The van der Waals surface area contributed by atoms with Gasteiger partial charge in [0.15, 0.2) is 0 Å². The van der Waals surface area contributed by atoms with E-state index in [4.69, 9.17) is 4.74 Å². The lowest BCUT2D eigenvalue weighted by atomic mass is 10.0. The number of nitrogens with zero attached hydrogens (tertiary/aromatic N) is 2. The Balaban J connectivity index is 1.47. The van der Waals surface area contributed by atoms with Crippen LogP contribution in [0.3, 0.4) is 0 Å². The van der Waals surface area contributed by atoms with E-state index >= 15 is 0 Å². The van der Waals surface area contributed by atoms with Crippen LogP contribution in [0.1, 0.15) is 34.8 Å². The van der Waals surface area contributed by atoms with Gasteiger partial charge in [-0.2, -0.15) is 5.10 Å². The summed E-state index contributed by atoms with van der Waals surface area (Å²) in [4.78, 5) is 18.7. The van der Waals surface area contributed by atoms with Gasteiger partial charge < -0.3 is 14.6 Å². The summed E-state index contributed by atoms with van der Waals surface area (Å²) in [6.07, 6.45) is 7.44. The third kappa shape index (κ3) is 3.06. The van der Waals surface area contributed by atoms with Gasteiger partial charge in [0.05, 0.1) is 24.9 Å². The highest BCUT2D eigenvalue weighted by Gasteiger charge is 2.31. The number of carbonyl (C=O) groups is 1. The van der Waals surface area contributed by atoms with Gasteiger partial charge in [0, 0.05) is 35.4 Å². The second kappa shape index (κ2) is 7.13. The van der Waals surface area contributed by atoms with E-state index in [-0.39, 0.29) is 11.9 Å². The fourth-order valence-electron chi connectivity index (χ4n) is 4.25. The Bertz CT molecular complexity index is 1160. The Morgan fingerprint density at radius 3 is 2.93 bits per heavy atom. The number of carbonyl (C=O) groups excluding carboxylic acids is 1. The maximum atomic E-state index is 13.4. The maximum absolute atomic E-state index is 13.4. The Hall–Kier alpha value is -3.54. The topological polar surface area (TPSA) is 74.0 Å². The summed E-state index contributed by atoms with van der Waals surface area (Å²) in [5.74, 6) is 0.887. The molecule has 4 aromatic rings. The van der Waals surface area contributed by atoms with Gasteiger partial charge >= 0.3 is 0 Å². The number of benzene rings is 2. The van der Waals surface area contributed by atoms with Crippen LogP contribution in [-0.4, -0.2) is 39.6 Å². The minimum atomic E-state index is 0.0673. The van der Waals surface area contributed by atoms with Crippen LogP contribution in [0.4, 0.5) is 0 Å². The lowest BCUT2D eigenvalue weighted by molar-refractivity contribution is 0.0737. The molecular formula is C23H22N4O2. The van der Waals surface area contributed by atoms with Crippen LogP contribution >= 0.6 is 0 Å². The molecule has 2 N–H and O–H groups in total. The van der Waals surface area contributed by atoms with Crippen molar-refractivity contribution >= 4 is 16.8 Å². The van der Waals surface area contributed by atoms with Crippen molar-refractivity contribution in [2.75, 3.05) is 13.7 Å². The van der Waals surface area contributed by atoms with E-state index in [1.165, 1.54) is 0 Å². The molecule has 6 nitrogen and oxygen atoms in total. The van der Waals surface area contributed by atoms with Crippen LogP contribution in [0.25, 0.3) is 22.0 Å². The minimum absolute atomic E-state index is 0.0673. The van der Waals surface area contributed by atoms with Crippen molar-refractivity contribution in [3.8, 4) is 16.9 Å². The average Bonchev–Trinajstić information content (AvgIpc) is 3.53. The molecule has 3 heterocycles. The summed E-state index contributed by atoms with van der Waals surface area (Å²) in [7, 11) is 1.67. The molecule has 1 amide bonds. The first-order chi connectivity index (χ1) is 14.2. The third-order valence-corrected chi connectivity index (χ3v) is 5.74. The summed E-state index contributed by atoms with van der Waals surface area (Å²) in [6, 6.07) is 14.2. The van der Waals surface area contributed by atoms with Crippen LogP contribution in [-0.2, 0) is 0 Å². The lowest BCUT2D eigenvalue weighted by Crippen LogP contribution is -2.30. The Morgan fingerprint density at radius 1 is 1.17 bits per heavy atom. The summed E-state index contributed by atoms with van der Waals surface area (Å²) < 4.78 is 5.37. The molecule has 6 heteroatoms. The van der Waals surface area contributed by atoms with Gasteiger partial charge in [0.2, 0.25) is 0 Å². The van der Waals surface area contributed by atoms with E-state index in [0.717, 1.165) is 52.7 Å². The zero-order chi connectivity index (χ0) is 19.8. The van der Waals surface area contributed by atoms with Gasteiger partial charge in [-0.05, 0) is 42.2 Å². The summed E-state index contributed by atoms with van der Waals surface area (Å²) in [6.45, 7) is 0.764. The number of hydrogen-bond donors (Lipinski definition) is 2. The number of rotatable bonds is 4. The van der Waals surface area contributed by atoms with Gasteiger partial charge in [-0.3, -0.25) is 9.89 Å². The van der Waals surface area contributed by atoms with Crippen LogP contribution in [0, 0.1) is 0 Å². The molecule has 1 fully saturated rings. The quantitative estimate of drug-likeness (QED) is 0.541. The fourth-order valence-corrected chi connectivity index (χ4v) is 4.25. The normalized spacial score (nSPS) is 16.4. The Labute approximate surface area is 168 Å². The van der Waals surface area contributed by atoms with E-state index in [1.807, 2.05) is 47.6 Å². The molecule has 146 valence electrons. The number of amides is 1. The first kappa shape index (κ1) is 17.6. The first-order valence-corrected chi connectivity index (χ1v) is 9.80. The second-order valence-corrected chi connectivity index (χ2v) is 7.38. The number of hydrogen-bond acceptors (Lipinski definition) is 3. The average molecular weight is 386 g/mol. The summed E-state index contributed by atoms with van der Waals surface area (Å²) in [5, 5.41) is 7.79. The predicted octanol–water partition coefficient (Wildman–Crippen LogP) is 4.54. The van der Waals surface area contributed by atoms with E-state index < -0.39 is 0 Å². The number of likely N-dealkylation sites (tertiary alicyclic amines) is 1. The first-order valence-electron chi connectivity index (χ1n) is 9.80. The van der Waals surface area contributed by atoms with Crippen molar-refractivity contribution in [2.24, 2.45) is 0 Å². The van der Waals surface area contributed by atoms with Crippen LogP contribution in [0.15, 0.2) is 61.1 Å². The molecule has 0 saturated carbocycles. The van der Waals surface area contributed by atoms with E-state index in [1.54, 1.807) is 13.3 Å². The second-order valence-electron chi connectivity index (χ2n) is 7.38. The number of fused-ring (bicyclic) bond motifs is 1. The lowest BCUT2D eigenvalue weighted by Gasteiger charge is -2.25. The van der Waals surface area contributed by atoms with Crippen molar-refractivity contribution in [3.63, 3.8) is 0 Å². The molecule has 0 aliphatic carbocycles. The largest absolute Gasteiger partial charge is 0.497 e. The minimum Gasteiger partial charge on any atom is -0.497 e. The standard InChI is InChI=1S/C23H22N4O2/c1-29-18-5-2-4-16(10-18)22-6-3-9-27(22)23(28)20-14-24-21-11-15(7-8-19(20)21)17-12-25-26-13-17/h2,4-5,7-8,10-14,22,24H,3,6,9H2,1H3,(H,25,26). The molecule has 2 aromatic carbocycles. The van der Waals surface area contributed by atoms with Gasteiger partial charge in [-0.25, -0.2) is 0 Å². The number of aromatic amines is 2. The number of ether oxygens (including phenoxy) is 1. The van der Waals surface area contributed by atoms with Gasteiger partial charge in [0.1, 0.15) is 5.75 Å². The fraction of sp³-hybridized carbons (Fsp3) is 0.217. The van der Waals surface area contributed by atoms with Gasteiger partial charge in [-0.15, -0.1) is 0 Å². The number of nitrogens with one attached hydrogen (secondary N) is 2. The molecule has 1 aliphatic rings. The molecule has 0 spiro atoms. The Kier molecular flexibility index (Phi) is 4.31. The van der Waals surface area contributed by atoms with E-state index in [9.17, 15) is 4.79 Å². The van der Waals surface area contributed by atoms with Crippen molar-refractivity contribution in [1.82, 2.24) is 20.1 Å². The summed E-state index contributed by atoms with van der Waals surface area (Å²) in [5.41, 5.74) is 4.87. The highest BCUT2D eigenvalue weighted by molar-refractivity contribution is 6.07. The van der Waals surface area contributed by atoms with Gasteiger partial charge in [0.25, 0.3) is 5.91 Å². The monoisotopic (exact) mass is 386 g/mol. The molecule has 0 radical (unpaired) electrons. The molecule has 5 rings (SSSR count). The van der Waals surface area contributed by atoms with Gasteiger partial charge in [-0.1, -0.05) is 24.3 Å².